The predicted molar refractivity (Wildman–Crippen MR) is 73.7 cm³/mol. The highest BCUT2D eigenvalue weighted by Gasteiger charge is 2.45. The van der Waals surface area contributed by atoms with Gasteiger partial charge in [-0.25, -0.2) is 4.98 Å². The molecule has 0 saturated carbocycles. The predicted octanol–water partition coefficient (Wildman–Crippen LogP) is 1.47. The smallest absolute Gasteiger partial charge is 0.246 e. The van der Waals surface area contributed by atoms with Crippen molar-refractivity contribution in [3.05, 3.63) is 16.1 Å². The maximum Gasteiger partial charge on any atom is 0.246 e. The van der Waals surface area contributed by atoms with Crippen molar-refractivity contribution in [3.8, 4) is 0 Å². The van der Waals surface area contributed by atoms with E-state index in [4.69, 9.17) is 0 Å². The van der Waals surface area contributed by atoms with E-state index in [9.17, 15) is 9.59 Å². The minimum Gasteiger partial charge on any atom is -0.342 e. The summed E-state index contributed by atoms with van der Waals surface area (Å²) in [5, 5.41) is 5.60. The van der Waals surface area contributed by atoms with Gasteiger partial charge in [0.2, 0.25) is 11.8 Å². The molecule has 2 rings (SSSR count). The van der Waals surface area contributed by atoms with Gasteiger partial charge in [0.15, 0.2) is 0 Å². The van der Waals surface area contributed by atoms with Crippen LogP contribution in [0.3, 0.4) is 0 Å². The topological polar surface area (TPSA) is 62.3 Å². The van der Waals surface area contributed by atoms with E-state index in [-0.39, 0.29) is 11.8 Å². The number of hydrogen-bond donors (Lipinski definition) is 1. The number of nitrogens with zero attached hydrogens (tertiary/aromatic N) is 2. The lowest BCUT2D eigenvalue weighted by Gasteiger charge is -2.43. The molecule has 1 saturated heterocycles. The van der Waals surface area contributed by atoms with Crippen LogP contribution < -0.4 is 5.32 Å². The van der Waals surface area contributed by atoms with Gasteiger partial charge in [-0.2, -0.15) is 0 Å². The van der Waals surface area contributed by atoms with E-state index in [1.54, 1.807) is 18.7 Å². The molecule has 104 valence electrons. The molecule has 2 amide bonds. The van der Waals surface area contributed by atoms with Gasteiger partial charge in [-0.3, -0.25) is 9.59 Å². The number of aryl methyl sites for hydroxylation is 1. The van der Waals surface area contributed by atoms with E-state index in [0.717, 1.165) is 10.7 Å². The number of rotatable bonds is 3. The molecule has 0 radical (unpaired) electrons. The van der Waals surface area contributed by atoms with E-state index >= 15 is 0 Å². The monoisotopic (exact) mass is 281 g/mol. The van der Waals surface area contributed by atoms with Crippen molar-refractivity contribution < 1.29 is 9.59 Å². The van der Waals surface area contributed by atoms with Gasteiger partial charge < -0.3 is 10.2 Å². The Bertz CT molecular complexity index is 510. The molecular formula is C13H19N3O2S. The highest BCUT2D eigenvalue weighted by Crippen LogP contribution is 2.25. The summed E-state index contributed by atoms with van der Waals surface area (Å²) in [5.74, 6) is -0.132. The van der Waals surface area contributed by atoms with Crippen LogP contribution in [0.2, 0.25) is 0 Å². The summed E-state index contributed by atoms with van der Waals surface area (Å²) in [6.07, 6.45) is 0.605. The van der Waals surface area contributed by atoms with E-state index in [2.05, 4.69) is 10.3 Å². The molecule has 0 aliphatic carbocycles. The van der Waals surface area contributed by atoms with Crippen molar-refractivity contribution in [1.29, 1.82) is 0 Å². The SMILES string of the molecule is CCC1NC(=O)C(C)(C)N(Cc2nc(C)cs2)C1=O. The van der Waals surface area contributed by atoms with Crippen molar-refractivity contribution >= 4 is 23.2 Å². The first-order chi connectivity index (χ1) is 8.86. The molecule has 1 N–H and O–H groups in total. The first-order valence-corrected chi connectivity index (χ1v) is 7.27. The Labute approximate surface area is 117 Å². The Kier molecular flexibility index (Phi) is 3.62. The van der Waals surface area contributed by atoms with Crippen molar-refractivity contribution in [2.45, 2.75) is 52.2 Å². The number of aromatic nitrogens is 1. The Morgan fingerprint density at radius 1 is 1.47 bits per heavy atom. The van der Waals surface area contributed by atoms with Crippen LogP contribution in [0.1, 0.15) is 37.9 Å². The van der Waals surface area contributed by atoms with E-state index < -0.39 is 11.6 Å². The normalized spacial score (nSPS) is 22.5. The number of hydrogen-bond acceptors (Lipinski definition) is 4. The van der Waals surface area contributed by atoms with Gasteiger partial charge in [-0.1, -0.05) is 6.92 Å². The lowest BCUT2D eigenvalue weighted by atomic mass is 9.95. The molecule has 19 heavy (non-hydrogen) atoms. The molecule has 5 nitrogen and oxygen atoms in total. The number of amides is 2. The third kappa shape index (κ3) is 2.49. The van der Waals surface area contributed by atoms with Crippen molar-refractivity contribution in [1.82, 2.24) is 15.2 Å². The van der Waals surface area contributed by atoms with Gasteiger partial charge >= 0.3 is 0 Å². The zero-order chi connectivity index (χ0) is 14.2. The van der Waals surface area contributed by atoms with Crippen LogP contribution in [0.4, 0.5) is 0 Å². The fourth-order valence-electron chi connectivity index (χ4n) is 2.15. The number of carbonyl (C=O) groups is 2. The zero-order valence-corrected chi connectivity index (χ0v) is 12.5. The molecule has 1 unspecified atom stereocenters. The Balaban J connectivity index is 2.27. The summed E-state index contributed by atoms with van der Waals surface area (Å²) in [7, 11) is 0. The fraction of sp³-hybridized carbons (Fsp3) is 0.615. The van der Waals surface area contributed by atoms with E-state index in [1.165, 1.54) is 11.3 Å². The van der Waals surface area contributed by atoms with Crippen LogP contribution >= 0.6 is 11.3 Å². The molecular weight excluding hydrogens is 262 g/mol. The van der Waals surface area contributed by atoms with Gasteiger partial charge in [0, 0.05) is 11.1 Å². The molecule has 0 spiro atoms. The third-order valence-corrected chi connectivity index (χ3v) is 4.42. The number of thiazole rings is 1. The minimum atomic E-state index is -0.831. The molecule has 1 fully saturated rings. The average molecular weight is 281 g/mol. The van der Waals surface area contributed by atoms with Gasteiger partial charge in [-0.05, 0) is 27.2 Å². The largest absolute Gasteiger partial charge is 0.342 e. The van der Waals surface area contributed by atoms with Gasteiger partial charge in [0.1, 0.15) is 16.6 Å². The summed E-state index contributed by atoms with van der Waals surface area (Å²) in [5.41, 5.74) is 0.112. The molecule has 6 heteroatoms. The summed E-state index contributed by atoms with van der Waals surface area (Å²) >= 11 is 1.52. The molecule has 1 aromatic rings. The van der Waals surface area contributed by atoms with Crippen LogP contribution in [0.5, 0.6) is 0 Å². The third-order valence-electron chi connectivity index (χ3n) is 3.47. The maximum absolute atomic E-state index is 12.4. The van der Waals surface area contributed by atoms with Crippen LogP contribution in [0, 0.1) is 6.92 Å². The number of carbonyl (C=O) groups excluding carboxylic acids is 2. The molecule has 2 heterocycles. The second-order valence-corrected chi connectivity index (χ2v) is 6.24. The zero-order valence-electron chi connectivity index (χ0n) is 11.7. The Morgan fingerprint density at radius 3 is 2.68 bits per heavy atom. The van der Waals surface area contributed by atoms with E-state index in [1.807, 2.05) is 19.2 Å². The van der Waals surface area contributed by atoms with Gasteiger partial charge in [0.05, 0.1) is 6.54 Å². The minimum absolute atomic E-state index is 0.0278. The fourth-order valence-corrected chi connectivity index (χ4v) is 2.91. The van der Waals surface area contributed by atoms with Crippen LogP contribution in [-0.2, 0) is 16.1 Å². The van der Waals surface area contributed by atoms with Crippen molar-refractivity contribution in [3.63, 3.8) is 0 Å². The van der Waals surface area contributed by atoms with Crippen LogP contribution in [0.15, 0.2) is 5.38 Å². The van der Waals surface area contributed by atoms with Gasteiger partial charge in [-0.15, -0.1) is 11.3 Å². The van der Waals surface area contributed by atoms with Crippen molar-refractivity contribution in [2.75, 3.05) is 0 Å². The summed E-state index contributed by atoms with van der Waals surface area (Å²) in [4.78, 5) is 30.5. The number of nitrogens with one attached hydrogen (secondary N) is 1. The molecule has 0 aromatic carbocycles. The van der Waals surface area contributed by atoms with Crippen LogP contribution in [-0.4, -0.2) is 33.3 Å². The Hall–Kier alpha value is -1.43. The summed E-state index contributed by atoms with van der Waals surface area (Å²) in [6, 6.07) is -0.415. The summed E-state index contributed by atoms with van der Waals surface area (Å²) < 4.78 is 0. The standard InChI is InChI=1S/C13H19N3O2S/c1-5-9-11(17)16(13(3,4)12(18)15-9)6-10-14-8(2)7-19-10/h7,9H,5-6H2,1-4H3,(H,15,18). The second-order valence-electron chi connectivity index (χ2n) is 5.30. The highest BCUT2D eigenvalue weighted by atomic mass is 32.1. The second kappa shape index (κ2) is 4.92. The Morgan fingerprint density at radius 2 is 2.16 bits per heavy atom. The molecule has 1 aliphatic rings. The molecule has 1 aliphatic heterocycles. The van der Waals surface area contributed by atoms with Crippen molar-refractivity contribution in [2.24, 2.45) is 0 Å². The lowest BCUT2D eigenvalue weighted by molar-refractivity contribution is -0.156. The first kappa shape index (κ1) is 14.0. The average Bonchev–Trinajstić information content (AvgIpc) is 2.75. The molecule has 1 aromatic heterocycles. The maximum atomic E-state index is 12.4. The number of piperazine rings is 1. The molecule has 1 atom stereocenters. The van der Waals surface area contributed by atoms with Gasteiger partial charge in [0.25, 0.3) is 0 Å². The van der Waals surface area contributed by atoms with E-state index in [0.29, 0.717) is 13.0 Å². The summed E-state index contributed by atoms with van der Waals surface area (Å²) in [6.45, 7) is 7.75. The highest BCUT2D eigenvalue weighted by molar-refractivity contribution is 7.09. The molecule has 0 bridgehead atoms. The first-order valence-electron chi connectivity index (χ1n) is 6.39. The quantitative estimate of drug-likeness (QED) is 0.912. The lowest BCUT2D eigenvalue weighted by Crippen LogP contribution is -2.67. The van der Waals surface area contributed by atoms with Crippen LogP contribution in [0.25, 0.3) is 0 Å².